The van der Waals surface area contributed by atoms with E-state index in [2.05, 4.69) is 0 Å². The fraction of sp³-hybridized carbons (Fsp3) is 0.250. The zero-order valence-electron chi connectivity index (χ0n) is 6.73. The first-order valence-corrected chi connectivity index (χ1v) is 3.56. The lowest BCUT2D eigenvalue weighted by molar-refractivity contribution is -0.0279. The highest BCUT2D eigenvalue weighted by Crippen LogP contribution is 2.31. The lowest BCUT2D eigenvalue weighted by Gasteiger charge is -2.13. The van der Waals surface area contributed by atoms with Gasteiger partial charge in [-0.25, -0.2) is 4.39 Å². The van der Waals surface area contributed by atoms with Crippen molar-refractivity contribution in [1.29, 1.82) is 0 Å². The second-order valence-corrected chi connectivity index (χ2v) is 2.73. The lowest BCUT2D eigenvalue weighted by atomic mass is 10.1. The summed E-state index contributed by atoms with van der Waals surface area (Å²) in [5.74, 6) is -3.51. The summed E-state index contributed by atoms with van der Waals surface area (Å²) in [7, 11) is 0. The number of hydrogen-bond acceptors (Lipinski definition) is 2. The zero-order valence-corrected chi connectivity index (χ0v) is 6.73. The van der Waals surface area contributed by atoms with Crippen LogP contribution in [-0.4, -0.2) is 6.67 Å². The first-order valence-electron chi connectivity index (χ1n) is 3.56. The molecule has 13 heavy (non-hydrogen) atoms. The fourth-order valence-electron chi connectivity index (χ4n) is 0.965. The predicted octanol–water partition coefficient (Wildman–Crippen LogP) is 1.91. The molecule has 72 valence electrons. The van der Waals surface area contributed by atoms with Crippen molar-refractivity contribution in [2.75, 3.05) is 18.1 Å². The molecule has 0 atom stereocenters. The summed E-state index contributed by atoms with van der Waals surface area (Å²) < 4.78 is 37.4. The third kappa shape index (κ3) is 2.05. The molecular weight excluding hydrogens is 181 g/mol. The van der Waals surface area contributed by atoms with Gasteiger partial charge in [0, 0.05) is 16.9 Å². The second kappa shape index (κ2) is 3.16. The van der Waals surface area contributed by atoms with E-state index in [9.17, 15) is 13.2 Å². The monoisotopic (exact) mass is 190 g/mol. The van der Waals surface area contributed by atoms with E-state index in [1.54, 1.807) is 0 Å². The maximum Gasteiger partial charge on any atom is 0.301 e. The third-order valence-corrected chi connectivity index (χ3v) is 1.57. The molecule has 1 aromatic carbocycles. The summed E-state index contributed by atoms with van der Waals surface area (Å²) >= 11 is 0. The standard InChI is InChI=1S/C8H9F3N2/c9-4-8(10,11)5-1-6(12)3-7(13)2-5/h1-3H,4,12-13H2. The molecule has 2 nitrogen and oxygen atoms in total. The molecule has 0 aliphatic rings. The van der Waals surface area contributed by atoms with Crippen molar-refractivity contribution >= 4 is 11.4 Å². The lowest BCUT2D eigenvalue weighted by Crippen LogP contribution is -2.16. The Morgan fingerprint density at radius 3 is 1.92 bits per heavy atom. The van der Waals surface area contributed by atoms with E-state index in [0.717, 1.165) is 12.1 Å². The molecule has 0 radical (unpaired) electrons. The van der Waals surface area contributed by atoms with Gasteiger partial charge in [-0.05, 0) is 18.2 Å². The van der Waals surface area contributed by atoms with Gasteiger partial charge in [-0.15, -0.1) is 0 Å². The smallest absolute Gasteiger partial charge is 0.301 e. The van der Waals surface area contributed by atoms with Crippen LogP contribution >= 0.6 is 0 Å². The molecule has 1 aromatic rings. The van der Waals surface area contributed by atoms with E-state index in [4.69, 9.17) is 11.5 Å². The highest BCUT2D eigenvalue weighted by Gasteiger charge is 2.31. The molecule has 0 fully saturated rings. The van der Waals surface area contributed by atoms with E-state index >= 15 is 0 Å². The highest BCUT2D eigenvalue weighted by atomic mass is 19.3. The maximum absolute atomic E-state index is 12.8. The van der Waals surface area contributed by atoms with Crippen molar-refractivity contribution < 1.29 is 13.2 Å². The van der Waals surface area contributed by atoms with E-state index in [1.165, 1.54) is 6.07 Å². The summed E-state index contributed by atoms with van der Waals surface area (Å²) in [5.41, 5.74) is 10.3. The van der Waals surface area contributed by atoms with Crippen molar-refractivity contribution in [3.63, 3.8) is 0 Å². The van der Waals surface area contributed by atoms with Gasteiger partial charge >= 0.3 is 5.92 Å². The van der Waals surface area contributed by atoms with Crippen LogP contribution in [0.5, 0.6) is 0 Å². The van der Waals surface area contributed by atoms with Gasteiger partial charge in [0.1, 0.15) is 0 Å². The van der Waals surface area contributed by atoms with Crippen molar-refractivity contribution in [2.24, 2.45) is 0 Å². The SMILES string of the molecule is Nc1cc(N)cc(C(F)(F)CF)c1. The number of alkyl halides is 3. The van der Waals surface area contributed by atoms with Crippen molar-refractivity contribution in [3.8, 4) is 0 Å². The summed E-state index contributed by atoms with van der Waals surface area (Å²) in [6.07, 6.45) is 0. The van der Waals surface area contributed by atoms with Gasteiger partial charge in [0.2, 0.25) is 0 Å². The minimum Gasteiger partial charge on any atom is -0.399 e. The van der Waals surface area contributed by atoms with Gasteiger partial charge in [-0.3, -0.25) is 0 Å². The average Bonchev–Trinajstić information content (AvgIpc) is 2.02. The van der Waals surface area contributed by atoms with Crippen LogP contribution in [0.4, 0.5) is 24.5 Å². The first kappa shape index (κ1) is 9.70. The normalized spacial score (nSPS) is 11.6. The van der Waals surface area contributed by atoms with Crippen LogP contribution in [0.25, 0.3) is 0 Å². The topological polar surface area (TPSA) is 52.0 Å². The van der Waals surface area contributed by atoms with Gasteiger partial charge in [-0.1, -0.05) is 0 Å². The number of rotatable bonds is 2. The van der Waals surface area contributed by atoms with Crippen LogP contribution in [0.1, 0.15) is 5.56 Å². The molecule has 0 aromatic heterocycles. The Balaban J connectivity index is 3.15. The van der Waals surface area contributed by atoms with Gasteiger partial charge in [0.25, 0.3) is 0 Å². The minimum absolute atomic E-state index is 0.100. The van der Waals surface area contributed by atoms with Gasteiger partial charge in [-0.2, -0.15) is 8.78 Å². The number of hydrogen-bond donors (Lipinski definition) is 2. The van der Waals surface area contributed by atoms with Crippen LogP contribution in [0.15, 0.2) is 18.2 Å². The molecule has 0 spiro atoms. The molecule has 0 bridgehead atoms. The van der Waals surface area contributed by atoms with Crippen molar-refractivity contribution in [2.45, 2.75) is 5.92 Å². The number of nitrogen functional groups attached to an aromatic ring is 2. The Morgan fingerprint density at radius 2 is 1.54 bits per heavy atom. The maximum atomic E-state index is 12.8. The van der Waals surface area contributed by atoms with Gasteiger partial charge < -0.3 is 11.5 Å². The van der Waals surface area contributed by atoms with E-state index in [1.807, 2.05) is 0 Å². The molecule has 0 aliphatic carbocycles. The molecule has 0 unspecified atom stereocenters. The van der Waals surface area contributed by atoms with E-state index in [0.29, 0.717) is 0 Å². The molecule has 0 saturated carbocycles. The Kier molecular flexibility index (Phi) is 2.36. The van der Waals surface area contributed by atoms with Crippen molar-refractivity contribution in [1.82, 2.24) is 0 Å². The van der Waals surface area contributed by atoms with Crippen LogP contribution < -0.4 is 11.5 Å². The summed E-state index contributed by atoms with van der Waals surface area (Å²) in [5, 5.41) is 0. The number of benzene rings is 1. The molecule has 0 heterocycles. The Hall–Kier alpha value is -1.39. The van der Waals surface area contributed by atoms with E-state index in [-0.39, 0.29) is 11.4 Å². The largest absolute Gasteiger partial charge is 0.399 e. The summed E-state index contributed by atoms with van der Waals surface area (Å²) in [4.78, 5) is 0. The summed E-state index contributed by atoms with van der Waals surface area (Å²) in [6, 6.07) is 3.35. The average molecular weight is 190 g/mol. The van der Waals surface area contributed by atoms with Crippen LogP contribution in [0, 0.1) is 0 Å². The van der Waals surface area contributed by atoms with Crippen LogP contribution in [-0.2, 0) is 5.92 Å². The number of anilines is 2. The predicted molar refractivity (Wildman–Crippen MR) is 45.1 cm³/mol. The Morgan fingerprint density at radius 1 is 1.08 bits per heavy atom. The molecule has 5 heteroatoms. The molecule has 0 amide bonds. The number of nitrogens with two attached hydrogens (primary N) is 2. The Labute approximate surface area is 73.3 Å². The van der Waals surface area contributed by atoms with Crippen LogP contribution in [0.3, 0.4) is 0 Å². The second-order valence-electron chi connectivity index (χ2n) is 2.73. The molecule has 0 aliphatic heterocycles. The molecule has 0 saturated heterocycles. The van der Waals surface area contributed by atoms with E-state index < -0.39 is 18.2 Å². The number of halogens is 3. The van der Waals surface area contributed by atoms with Crippen LogP contribution in [0.2, 0.25) is 0 Å². The Bertz CT molecular complexity index is 292. The quantitative estimate of drug-likeness (QED) is 0.700. The zero-order chi connectivity index (χ0) is 10.1. The fourth-order valence-corrected chi connectivity index (χ4v) is 0.965. The third-order valence-electron chi connectivity index (χ3n) is 1.57. The van der Waals surface area contributed by atoms with Gasteiger partial charge in [0.15, 0.2) is 6.67 Å². The molecular formula is C8H9F3N2. The van der Waals surface area contributed by atoms with Crippen molar-refractivity contribution in [3.05, 3.63) is 23.8 Å². The highest BCUT2D eigenvalue weighted by molar-refractivity contribution is 5.55. The molecule has 1 rings (SSSR count). The summed E-state index contributed by atoms with van der Waals surface area (Å²) in [6.45, 7) is -1.75. The first-order chi connectivity index (χ1) is 5.95. The van der Waals surface area contributed by atoms with Gasteiger partial charge in [0.05, 0.1) is 0 Å². The molecule has 4 N–H and O–H groups in total. The minimum atomic E-state index is -3.51.